The van der Waals surface area contributed by atoms with E-state index < -0.39 is 5.97 Å². The minimum absolute atomic E-state index is 0.0389. The van der Waals surface area contributed by atoms with Crippen LogP contribution in [0.15, 0.2) is 18.2 Å². The molecule has 1 N–H and O–H groups in total. The van der Waals surface area contributed by atoms with Crippen molar-refractivity contribution in [2.75, 3.05) is 0 Å². The van der Waals surface area contributed by atoms with Gasteiger partial charge in [0.2, 0.25) is 0 Å². The summed E-state index contributed by atoms with van der Waals surface area (Å²) in [7, 11) is 1.70. The molecule has 6 heteroatoms. The Morgan fingerprint density at radius 2 is 2.33 bits per heavy atom. The molecule has 78 valence electrons. The second kappa shape index (κ2) is 3.67. The number of carboxylic acids is 1. The summed E-state index contributed by atoms with van der Waals surface area (Å²) in [6.45, 7) is 0. The first-order valence-corrected chi connectivity index (χ1v) is 5.30. The first-order chi connectivity index (χ1) is 7.08. The number of nitrogens with zero attached hydrogens (tertiary/aromatic N) is 2. The van der Waals surface area contributed by atoms with Crippen molar-refractivity contribution >= 4 is 28.9 Å². The van der Waals surface area contributed by atoms with Gasteiger partial charge < -0.3 is 5.11 Å². The van der Waals surface area contributed by atoms with Gasteiger partial charge in [0, 0.05) is 7.05 Å². The van der Waals surface area contributed by atoms with E-state index in [1.807, 2.05) is 6.07 Å². The molecule has 2 rings (SSSR count). The van der Waals surface area contributed by atoms with Gasteiger partial charge in [-0.15, -0.1) is 11.3 Å². The van der Waals surface area contributed by atoms with Gasteiger partial charge >= 0.3 is 5.97 Å². The molecule has 0 radical (unpaired) electrons. The van der Waals surface area contributed by atoms with Gasteiger partial charge in [0.1, 0.15) is 0 Å². The fourth-order valence-electron chi connectivity index (χ4n) is 1.25. The number of aryl methyl sites for hydroxylation is 1. The van der Waals surface area contributed by atoms with Gasteiger partial charge in [0.25, 0.3) is 0 Å². The number of halogens is 1. The third-order valence-electron chi connectivity index (χ3n) is 1.92. The lowest BCUT2D eigenvalue weighted by atomic mass is 10.3. The molecule has 2 aromatic heterocycles. The van der Waals surface area contributed by atoms with E-state index in [4.69, 9.17) is 16.7 Å². The van der Waals surface area contributed by atoms with E-state index in [9.17, 15) is 4.79 Å². The number of hydrogen-bond donors (Lipinski definition) is 1. The summed E-state index contributed by atoms with van der Waals surface area (Å²) in [5, 5.41) is 12.7. The number of carboxylic acid groups (broad SMARTS) is 1. The number of rotatable bonds is 2. The smallest absolute Gasteiger partial charge is 0.356 e. The Hall–Kier alpha value is -1.33. The lowest BCUT2D eigenvalue weighted by molar-refractivity contribution is 0.0689. The maximum Gasteiger partial charge on any atom is 0.356 e. The number of carbonyl (C=O) groups is 1. The fraction of sp³-hybridized carbons (Fsp3) is 0.111. The highest BCUT2D eigenvalue weighted by atomic mass is 35.5. The van der Waals surface area contributed by atoms with Gasteiger partial charge in [0.05, 0.1) is 14.9 Å². The zero-order valence-electron chi connectivity index (χ0n) is 7.77. The molecular weight excluding hydrogens is 236 g/mol. The first-order valence-electron chi connectivity index (χ1n) is 4.11. The zero-order chi connectivity index (χ0) is 11.0. The van der Waals surface area contributed by atoms with Crippen LogP contribution >= 0.6 is 22.9 Å². The molecule has 0 amide bonds. The third-order valence-corrected chi connectivity index (χ3v) is 3.18. The third kappa shape index (κ3) is 1.88. The van der Waals surface area contributed by atoms with Crippen LogP contribution in [0.5, 0.6) is 0 Å². The predicted octanol–water partition coefficient (Wildman–Crippen LogP) is 2.50. The van der Waals surface area contributed by atoms with Crippen molar-refractivity contribution in [1.29, 1.82) is 0 Å². The Morgan fingerprint density at radius 3 is 2.80 bits per heavy atom. The van der Waals surface area contributed by atoms with Crippen molar-refractivity contribution in [2.24, 2.45) is 7.05 Å². The second-order valence-corrected chi connectivity index (χ2v) is 4.66. The minimum Gasteiger partial charge on any atom is -0.476 e. The number of aromatic nitrogens is 2. The van der Waals surface area contributed by atoms with Gasteiger partial charge in [-0.3, -0.25) is 4.68 Å². The highest BCUT2D eigenvalue weighted by molar-refractivity contribution is 7.19. The van der Waals surface area contributed by atoms with Gasteiger partial charge in [-0.25, -0.2) is 4.79 Å². The van der Waals surface area contributed by atoms with Crippen LogP contribution in [-0.4, -0.2) is 20.9 Å². The lowest BCUT2D eigenvalue weighted by Crippen LogP contribution is -1.99. The molecule has 0 aromatic carbocycles. The van der Waals surface area contributed by atoms with Crippen LogP contribution < -0.4 is 0 Å². The molecule has 0 atom stereocenters. The molecule has 0 aliphatic rings. The standard InChI is InChI=1S/C9H7ClN2O2S/c1-12-6(4-5(11-12)9(13)14)7-2-3-8(10)15-7/h2-4H,1H3,(H,13,14). The van der Waals surface area contributed by atoms with Crippen LogP contribution in [0.3, 0.4) is 0 Å². The van der Waals surface area contributed by atoms with Crippen molar-refractivity contribution in [1.82, 2.24) is 9.78 Å². The Balaban J connectivity index is 2.49. The summed E-state index contributed by atoms with van der Waals surface area (Å²) in [4.78, 5) is 11.6. The summed E-state index contributed by atoms with van der Waals surface area (Å²) in [5.74, 6) is -1.03. The highest BCUT2D eigenvalue weighted by Crippen LogP contribution is 2.30. The van der Waals surface area contributed by atoms with Crippen LogP contribution in [0.25, 0.3) is 10.6 Å². The molecule has 0 spiro atoms. The maximum absolute atomic E-state index is 10.7. The van der Waals surface area contributed by atoms with Crippen molar-refractivity contribution in [3.05, 3.63) is 28.2 Å². The molecule has 0 bridgehead atoms. The average molecular weight is 243 g/mol. The summed E-state index contributed by atoms with van der Waals surface area (Å²) in [6.07, 6.45) is 0. The van der Waals surface area contributed by atoms with Gasteiger partial charge in [-0.2, -0.15) is 5.10 Å². The van der Waals surface area contributed by atoms with Crippen LogP contribution in [-0.2, 0) is 7.05 Å². The number of thiophene rings is 1. The van der Waals surface area contributed by atoms with Crippen molar-refractivity contribution < 1.29 is 9.90 Å². The van der Waals surface area contributed by atoms with Gasteiger partial charge in [-0.05, 0) is 18.2 Å². The molecular formula is C9H7ClN2O2S. The van der Waals surface area contributed by atoms with Crippen LogP contribution in [0.1, 0.15) is 10.5 Å². The largest absolute Gasteiger partial charge is 0.476 e. The van der Waals surface area contributed by atoms with Crippen LogP contribution in [0, 0.1) is 0 Å². The first kappa shape index (κ1) is 10.2. The molecule has 4 nitrogen and oxygen atoms in total. The molecule has 0 saturated heterocycles. The fourth-order valence-corrected chi connectivity index (χ4v) is 2.34. The van der Waals surface area contributed by atoms with E-state index in [0.29, 0.717) is 4.34 Å². The van der Waals surface area contributed by atoms with E-state index in [2.05, 4.69) is 5.10 Å². The molecule has 2 heterocycles. The molecule has 15 heavy (non-hydrogen) atoms. The number of aromatic carboxylic acids is 1. The Kier molecular flexibility index (Phi) is 2.50. The molecule has 2 aromatic rings. The Morgan fingerprint density at radius 1 is 1.60 bits per heavy atom. The summed E-state index contributed by atoms with van der Waals surface area (Å²) in [6, 6.07) is 5.15. The lowest BCUT2D eigenvalue weighted by Gasteiger charge is -1.95. The van der Waals surface area contributed by atoms with E-state index in [-0.39, 0.29) is 5.69 Å². The average Bonchev–Trinajstić information content (AvgIpc) is 2.71. The maximum atomic E-state index is 10.7. The summed E-state index contributed by atoms with van der Waals surface area (Å²) < 4.78 is 2.20. The molecule has 0 saturated carbocycles. The van der Waals surface area contributed by atoms with E-state index >= 15 is 0 Å². The summed E-state index contributed by atoms with van der Waals surface area (Å²) >= 11 is 7.20. The Labute approximate surface area is 94.7 Å². The van der Waals surface area contributed by atoms with Gasteiger partial charge in [-0.1, -0.05) is 11.6 Å². The minimum atomic E-state index is -1.03. The monoisotopic (exact) mass is 242 g/mol. The molecule has 0 aliphatic heterocycles. The summed E-state index contributed by atoms with van der Waals surface area (Å²) in [5.41, 5.74) is 0.793. The van der Waals surface area contributed by atoms with E-state index in [0.717, 1.165) is 10.6 Å². The van der Waals surface area contributed by atoms with Gasteiger partial charge in [0.15, 0.2) is 5.69 Å². The SMILES string of the molecule is Cn1nc(C(=O)O)cc1-c1ccc(Cl)s1. The second-order valence-electron chi connectivity index (χ2n) is 2.95. The molecule has 0 aliphatic carbocycles. The predicted molar refractivity (Wildman–Crippen MR) is 58.5 cm³/mol. The van der Waals surface area contributed by atoms with Crippen molar-refractivity contribution in [3.8, 4) is 10.6 Å². The van der Waals surface area contributed by atoms with E-state index in [1.54, 1.807) is 13.1 Å². The molecule has 0 unspecified atom stereocenters. The van der Waals surface area contributed by atoms with Crippen LogP contribution in [0.4, 0.5) is 0 Å². The quantitative estimate of drug-likeness (QED) is 0.880. The highest BCUT2D eigenvalue weighted by Gasteiger charge is 2.13. The zero-order valence-corrected chi connectivity index (χ0v) is 9.34. The number of hydrogen-bond acceptors (Lipinski definition) is 3. The normalized spacial score (nSPS) is 10.5. The van der Waals surface area contributed by atoms with Crippen molar-refractivity contribution in [3.63, 3.8) is 0 Å². The van der Waals surface area contributed by atoms with Crippen LogP contribution in [0.2, 0.25) is 4.34 Å². The topological polar surface area (TPSA) is 55.1 Å². The Bertz CT molecular complexity index is 518. The molecule has 0 fully saturated rings. The van der Waals surface area contributed by atoms with Crippen molar-refractivity contribution in [2.45, 2.75) is 0 Å². The van der Waals surface area contributed by atoms with E-state index in [1.165, 1.54) is 22.1 Å².